The van der Waals surface area contributed by atoms with Crippen LogP contribution in [0.15, 0.2) is 27.6 Å². The minimum absolute atomic E-state index is 0.137. The van der Waals surface area contributed by atoms with Gasteiger partial charge < -0.3 is 4.57 Å². The quantitative estimate of drug-likeness (QED) is 0.738. The molecule has 2 rings (SSSR count). The van der Waals surface area contributed by atoms with Crippen LogP contribution in [-0.4, -0.2) is 9.55 Å². The van der Waals surface area contributed by atoms with Crippen molar-refractivity contribution >= 4 is 38.6 Å². The van der Waals surface area contributed by atoms with Gasteiger partial charge in [0.2, 0.25) is 0 Å². The van der Waals surface area contributed by atoms with E-state index in [1.807, 2.05) is 6.07 Å². The van der Waals surface area contributed by atoms with Crippen LogP contribution < -0.4 is 5.56 Å². The smallest absolute Gasteiger partial charge is 0.252 e. The maximum Gasteiger partial charge on any atom is 0.252 e. The van der Waals surface area contributed by atoms with Crippen molar-refractivity contribution in [2.45, 2.75) is 0 Å². The first-order valence-electron chi connectivity index (χ1n) is 3.90. The summed E-state index contributed by atoms with van der Waals surface area (Å²) >= 11 is 9.19. The average Bonchev–Trinajstić information content (AvgIpc) is 2.14. The van der Waals surface area contributed by atoms with Crippen LogP contribution in [0.2, 0.25) is 5.02 Å². The molecule has 0 aliphatic heterocycles. The van der Waals surface area contributed by atoms with Gasteiger partial charge in [-0.15, -0.1) is 0 Å². The molecule has 14 heavy (non-hydrogen) atoms. The first-order valence-corrected chi connectivity index (χ1v) is 5.07. The molecule has 0 aromatic carbocycles. The van der Waals surface area contributed by atoms with E-state index in [1.165, 1.54) is 10.6 Å². The van der Waals surface area contributed by atoms with E-state index in [4.69, 9.17) is 11.6 Å². The molecule has 72 valence electrons. The van der Waals surface area contributed by atoms with Crippen LogP contribution >= 0.6 is 27.5 Å². The lowest BCUT2D eigenvalue weighted by Crippen LogP contribution is -2.16. The molecular formula is C9H6BrClN2O. The number of halogens is 2. The Morgan fingerprint density at radius 1 is 1.50 bits per heavy atom. The summed E-state index contributed by atoms with van der Waals surface area (Å²) in [6.07, 6.45) is 1.65. The van der Waals surface area contributed by atoms with E-state index in [0.29, 0.717) is 10.5 Å². The molecule has 2 heterocycles. The van der Waals surface area contributed by atoms with Crippen molar-refractivity contribution in [2.75, 3.05) is 0 Å². The molecule has 0 fully saturated rings. The SMILES string of the molecule is Cn1c(=O)cc(Cl)c2ncc(Br)cc21. The molecule has 3 nitrogen and oxygen atoms in total. The Balaban J connectivity index is 3.03. The van der Waals surface area contributed by atoms with Crippen molar-refractivity contribution in [3.05, 3.63) is 38.2 Å². The third-order valence-corrected chi connectivity index (χ3v) is 2.72. The van der Waals surface area contributed by atoms with E-state index >= 15 is 0 Å². The van der Waals surface area contributed by atoms with Gasteiger partial charge in [-0.05, 0) is 22.0 Å². The molecule has 0 saturated heterocycles. The Morgan fingerprint density at radius 3 is 2.93 bits per heavy atom. The topological polar surface area (TPSA) is 34.9 Å². The lowest BCUT2D eigenvalue weighted by molar-refractivity contribution is 0.903. The number of nitrogens with zero attached hydrogens (tertiary/aromatic N) is 2. The second kappa shape index (κ2) is 3.37. The fraction of sp³-hybridized carbons (Fsp3) is 0.111. The first-order chi connectivity index (χ1) is 6.59. The number of hydrogen-bond acceptors (Lipinski definition) is 2. The van der Waals surface area contributed by atoms with Gasteiger partial charge in [0.25, 0.3) is 5.56 Å². The van der Waals surface area contributed by atoms with Gasteiger partial charge in [0.15, 0.2) is 0 Å². The lowest BCUT2D eigenvalue weighted by Gasteiger charge is -2.05. The Morgan fingerprint density at radius 2 is 2.21 bits per heavy atom. The first kappa shape index (κ1) is 9.68. The summed E-state index contributed by atoms with van der Waals surface area (Å²) in [5, 5.41) is 0.385. The molecule has 0 aliphatic carbocycles. The number of pyridine rings is 2. The van der Waals surface area contributed by atoms with Gasteiger partial charge in [0, 0.05) is 23.8 Å². The molecular weight excluding hydrogens is 267 g/mol. The molecule has 0 spiro atoms. The molecule has 0 atom stereocenters. The van der Waals surface area contributed by atoms with Crippen molar-refractivity contribution < 1.29 is 0 Å². The molecule has 0 bridgehead atoms. The van der Waals surface area contributed by atoms with Gasteiger partial charge in [-0.2, -0.15) is 0 Å². The third kappa shape index (κ3) is 1.44. The summed E-state index contributed by atoms with van der Waals surface area (Å²) in [5.74, 6) is 0. The highest BCUT2D eigenvalue weighted by atomic mass is 79.9. The van der Waals surface area contributed by atoms with Crippen LogP contribution in [0.5, 0.6) is 0 Å². The van der Waals surface area contributed by atoms with E-state index in [1.54, 1.807) is 13.2 Å². The molecule has 0 N–H and O–H groups in total. The van der Waals surface area contributed by atoms with Gasteiger partial charge in [-0.25, -0.2) is 0 Å². The van der Waals surface area contributed by atoms with Crippen molar-refractivity contribution in [2.24, 2.45) is 7.05 Å². The summed E-state index contributed by atoms with van der Waals surface area (Å²) in [6, 6.07) is 3.18. The number of aromatic nitrogens is 2. The Bertz CT molecular complexity index is 564. The maximum atomic E-state index is 11.4. The monoisotopic (exact) mass is 272 g/mol. The highest BCUT2D eigenvalue weighted by Crippen LogP contribution is 2.21. The van der Waals surface area contributed by atoms with E-state index in [-0.39, 0.29) is 5.56 Å². The molecule has 0 saturated carbocycles. The van der Waals surface area contributed by atoms with Crippen molar-refractivity contribution in [1.29, 1.82) is 0 Å². The molecule has 2 aromatic heterocycles. The lowest BCUT2D eigenvalue weighted by atomic mass is 10.3. The summed E-state index contributed by atoms with van der Waals surface area (Å²) < 4.78 is 2.33. The largest absolute Gasteiger partial charge is 0.310 e. The zero-order valence-corrected chi connectivity index (χ0v) is 9.63. The average molecular weight is 274 g/mol. The van der Waals surface area contributed by atoms with Gasteiger partial charge >= 0.3 is 0 Å². The predicted octanol–water partition coefficient (Wildman–Crippen LogP) is 2.35. The van der Waals surface area contributed by atoms with Crippen LogP contribution in [0.3, 0.4) is 0 Å². The Kier molecular flexibility index (Phi) is 2.33. The minimum atomic E-state index is -0.137. The number of rotatable bonds is 0. The normalized spacial score (nSPS) is 10.8. The van der Waals surface area contributed by atoms with Gasteiger partial charge in [0.05, 0.1) is 10.5 Å². The molecule has 0 amide bonds. The Labute approximate surface area is 93.5 Å². The number of aryl methyl sites for hydroxylation is 1. The van der Waals surface area contributed by atoms with Gasteiger partial charge in [-0.1, -0.05) is 11.6 Å². The van der Waals surface area contributed by atoms with Crippen LogP contribution in [-0.2, 0) is 7.05 Å². The van der Waals surface area contributed by atoms with E-state index in [9.17, 15) is 4.79 Å². The van der Waals surface area contributed by atoms with Crippen molar-refractivity contribution in [3.63, 3.8) is 0 Å². The van der Waals surface area contributed by atoms with Crippen molar-refractivity contribution in [1.82, 2.24) is 9.55 Å². The highest BCUT2D eigenvalue weighted by Gasteiger charge is 2.05. The zero-order valence-electron chi connectivity index (χ0n) is 7.29. The summed E-state index contributed by atoms with van der Waals surface area (Å²) in [7, 11) is 1.69. The maximum absolute atomic E-state index is 11.4. The molecule has 0 radical (unpaired) electrons. The fourth-order valence-electron chi connectivity index (χ4n) is 1.26. The molecule has 2 aromatic rings. The van der Waals surface area contributed by atoms with Crippen LogP contribution in [0.4, 0.5) is 0 Å². The number of hydrogen-bond donors (Lipinski definition) is 0. The van der Waals surface area contributed by atoms with Crippen LogP contribution in [0.25, 0.3) is 11.0 Å². The molecule has 0 aliphatic rings. The molecule has 0 unspecified atom stereocenters. The standard InChI is InChI=1S/C9H6BrClN2O/c1-13-7-2-5(10)4-12-9(7)6(11)3-8(13)14/h2-4H,1H3. The summed E-state index contributed by atoms with van der Waals surface area (Å²) in [5.41, 5.74) is 1.22. The van der Waals surface area contributed by atoms with E-state index in [2.05, 4.69) is 20.9 Å². The second-order valence-electron chi connectivity index (χ2n) is 2.91. The number of fused-ring (bicyclic) bond motifs is 1. The van der Waals surface area contributed by atoms with Gasteiger partial charge in [0.1, 0.15) is 5.52 Å². The van der Waals surface area contributed by atoms with Crippen LogP contribution in [0, 0.1) is 0 Å². The summed E-state index contributed by atoms with van der Waals surface area (Å²) in [4.78, 5) is 15.5. The van der Waals surface area contributed by atoms with Crippen molar-refractivity contribution in [3.8, 4) is 0 Å². The second-order valence-corrected chi connectivity index (χ2v) is 4.23. The Hall–Kier alpha value is -0.870. The van der Waals surface area contributed by atoms with E-state index < -0.39 is 0 Å². The van der Waals surface area contributed by atoms with Crippen LogP contribution in [0.1, 0.15) is 0 Å². The zero-order chi connectivity index (χ0) is 10.3. The van der Waals surface area contributed by atoms with E-state index in [0.717, 1.165) is 9.99 Å². The minimum Gasteiger partial charge on any atom is -0.310 e. The van der Waals surface area contributed by atoms with Gasteiger partial charge in [-0.3, -0.25) is 9.78 Å². The third-order valence-electron chi connectivity index (χ3n) is 2.00. The summed E-state index contributed by atoms with van der Waals surface area (Å²) in [6.45, 7) is 0. The fourth-order valence-corrected chi connectivity index (χ4v) is 1.82. The highest BCUT2D eigenvalue weighted by molar-refractivity contribution is 9.10. The molecule has 5 heteroatoms. The predicted molar refractivity (Wildman–Crippen MR) is 59.7 cm³/mol.